The number of carbonyl (C=O) groups excluding carboxylic acids is 2. The van der Waals surface area contributed by atoms with Crippen molar-refractivity contribution in [3.8, 4) is 0 Å². The number of carbonyl (C=O) groups is 2. The molecule has 2 rings (SSSR count). The van der Waals surface area contributed by atoms with E-state index in [1.54, 1.807) is 19.1 Å². The lowest BCUT2D eigenvalue weighted by Crippen LogP contribution is -2.29. The first-order chi connectivity index (χ1) is 9.58. The number of nitrogens with zero attached hydrogens (tertiary/aromatic N) is 2. The molecule has 0 spiro atoms. The van der Waals surface area contributed by atoms with E-state index in [0.717, 1.165) is 0 Å². The third kappa shape index (κ3) is 3.25. The van der Waals surface area contributed by atoms with Gasteiger partial charge in [-0.2, -0.15) is 10.2 Å². The Morgan fingerprint density at radius 2 is 2.30 bits per heavy atom. The predicted molar refractivity (Wildman–Crippen MR) is 71.5 cm³/mol. The zero-order valence-electron chi connectivity index (χ0n) is 10.8. The third-order valence-electron chi connectivity index (χ3n) is 2.85. The van der Waals surface area contributed by atoms with Crippen LogP contribution in [0.15, 0.2) is 34.5 Å². The van der Waals surface area contributed by atoms with Gasteiger partial charge in [0.25, 0.3) is 0 Å². The van der Waals surface area contributed by atoms with Gasteiger partial charge in [-0.15, -0.1) is 0 Å². The number of nitrogens with one attached hydrogen (secondary N) is 2. The van der Waals surface area contributed by atoms with Crippen LogP contribution < -0.4 is 10.9 Å². The van der Waals surface area contributed by atoms with Crippen molar-refractivity contribution in [3.63, 3.8) is 0 Å². The molecule has 1 aromatic rings. The molecule has 6 nitrogen and oxygen atoms in total. The Bertz CT molecular complexity index is 598. The summed E-state index contributed by atoms with van der Waals surface area (Å²) in [5.74, 6) is -1.74. The summed E-state index contributed by atoms with van der Waals surface area (Å²) in [5.41, 5.74) is 5.38. The molecular formula is C13H13FN4O2. The Balaban J connectivity index is 1.88. The van der Waals surface area contributed by atoms with Gasteiger partial charge in [-0.1, -0.05) is 18.2 Å². The second-order valence-electron chi connectivity index (χ2n) is 4.30. The summed E-state index contributed by atoms with van der Waals surface area (Å²) in [6, 6.07) is 6.05. The molecule has 0 bridgehead atoms. The van der Waals surface area contributed by atoms with E-state index in [1.165, 1.54) is 18.3 Å². The fraction of sp³-hybridized carbons (Fsp3) is 0.231. The number of benzene rings is 1. The summed E-state index contributed by atoms with van der Waals surface area (Å²) >= 11 is 0. The van der Waals surface area contributed by atoms with Crippen molar-refractivity contribution in [2.45, 2.75) is 13.3 Å². The van der Waals surface area contributed by atoms with Crippen molar-refractivity contribution in [3.05, 3.63) is 35.6 Å². The van der Waals surface area contributed by atoms with Gasteiger partial charge >= 0.3 is 0 Å². The van der Waals surface area contributed by atoms with Gasteiger partial charge in [0.05, 0.1) is 12.1 Å². The molecule has 0 saturated carbocycles. The number of hydrogen-bond donors (Lipinski definition) is 2. The molecule has 0 fully saturated rings. The molecule has 1 heterocycles. The Labute approximate surface area is 114 Å². The molecule has 1 aliphatic heterocycles. The molecule has 20 heavy (non-hydrogen) atoms. The first-order valence-corrected chi connectivity index (χ1v) is 5.98. The van der Waals surface area contributed by atoms with E-state index in [4.69, 9.17) is 0 Å². The lowest BCUT2D eigenvalue weighted by molar-refractivity contribution is -0.127. The summed E-state index contributed by atoms with van der Waals surface area (Å²) in [5, 5.41) is 7.40. The molecule has 0 aliphatic carbocycles. The normalized spacial score (nSPS) is 18.0. The maximum atomic E-state index is 13.3. The Kier molecular flexibility index (Phi) is 4.19. The van der Waals surface area contributed by atoms with Crippen molar-refractivity contribution in [2.24, 2.45) is 16.1 Å². The SMILES string of the molecule is CC1=NNC(=O)C1CC(=O)N/N=C/c1ccccc1F. The van der Waals surface area contributed by atoms with E-state index in [9.17, 15) is 14.0 Å². The van der Waals surface area contributed by atoms with Gasteiger partial charge in [0.15, 0.2) is 0 Å². The van der Waals surface area contributed by atoms with E-state index in [1.807, 2.05) is 0 Å². The van der Waals surface area contributed by atoms with Gasteiger partial charge in [0, 0.05) is 17.7 Å². The minimum atomic E-state index is -0.571. The molecule has 0 radical (unpaired) electrons. The molecule has 2 N–H and O–H groups in total. The topological polar surface area (TPSA) is 82.9 Å². The van der Waals surface area contributed by atoms with E-state index < -0.39 is 17.6 Å². The van der Waals surface area contributed by atoms with Gasteiger partial charge in [0.2, 0.25) is 11.8 Å². The number of hydrogen-bond acceptors (Lipinski definition) is 4. The maximum absolute atomic E-state index is 13.3. The van der Waals surface area contributed by atoms with Crippen molar-refractivity contribution in [1.82, 2.24) is 10.9 Å². The van der Waals surface area contributed by atoms with E-state index in [0.29, 0.717) is 5.71 Å². The number of halogens is 1. The van der Waals surface area contributed by atoms with Crippen LogP contribution in [0.4, 0.5) is 4.39 Å². The second kappa shape index (κ2) is 6.05. The van der Waals surface area contributed by atoms with Gasteiger partial charge in [-0.25, -0.2) is 15.2 Å². The number of hydrazone groups is 2. The monoisotopic (exact) mass is 276 g/mol. The Hall–Kier alpha value is -2.57. The lowest BCUT2D eigenvalue weighted by Gasteiger charge is -2.05. The minimum Gasteiger partial charge on any atom is -0.273 e. The Morgan fingerprint density at radius 1 is 1.55 bits per heavy atom. The van der Waals surface area contributed by atoms with Crippen LogP contribution in [0.3, 0.4) is 0 Å². The zero-order chi connectivity index (χ0) is 14.5. The van der Waals surface area contributed by atoms with Gasteiger partial charge < -0.3 is 0 Å². The molecule has 1 aromatic carbocycles. The number of rotatable bonds is 4. The quantitative estimate of drug-likeness (QED) is 0.629. The smallest absolute Gasteiger partial charge is 0.249 e. The van der Waals surface area contributed by atoms with Crippen LogP contribution in [-0.4, -0.2) is 23.7 Å². The van der Waals surface area contributed by atoms with E-state index >= 15 is 0 Å². The van der Waals surface area contributed by atoms with Crippen molar-refractivity contribution in [1.29, 1.82) is 0 Å². The molecule has 0 aromatic heterocycles. The molecule has 7 heteroatoms. The summed E-state index contributed by atoms with van der Waals surface area (Å²) in [6.07, 6.45) is 1.17. The highest BCUT2D eigenvalue weighted by Gasteiger charge is 2.28. The Morgan fingerprint density at radius 3 is 2.95 bits per heavy atom. The highest BCUT2D eigenvalue weighted by Crippen LogP contribution is 2.11. The molecule has 0 saturated heterocycles. The summed E-state index contributed by atoms with van der Waals surface area (Å²) in [4.78, 5) is 23.0. The maximum Gasteiger partial charge on any atom is 0.249 e. The highest BCUT2D eigenvalue weighted by atomic mass is 19.1. The number of amides is 2. The van der Waals surface area contributed by atoms with Crippen LogP contribution in [-0.2, 0) is 9.59 Å². The van der Waals surface area contributed by atoms with Crippen LogP contribution in [0.1, 0.15) is 18.9 Å². The largest absolute Gasteiger partial charge is 0.273 e. The summed E-state index contributed by atoms with van der Waals surface area (Å²) in [7, 11) is 0. The first kappa shape index (κ1) is 13.9. The molecule has 1 atom stereocenters. The summed E-state index contributed by atoms with van der Waals surface area (Å²) < 4.78 is 13.3. The van der Waals surface area contributed by atoms with Crippen molar-refractivity contribution >= 4 is 23.7 Å². The van der Waals surface area contributed by atoms with Crippen molar-refractivity contribution < 1.29 is 14.0 Å². The summed E-state index contributed by atoms with van der Waals surface area (Å²) in [6.45, 7) is 1.67. The third-order valence-corrected chi connectivity index (χ3v) is 2.85. The predicted octanol–water partition coefficient (Wildman–Crippen LogP) is 0.788. The fourth-order valence-electron chi connectivity index (χ4n) is 1.71. The average Bonchev–Trinajstić information content (AvgIpc) is 2.73. The van der Waals surface area contributed by atoms with Gasteiger partial charge in [0.1, 0.15) is 5.82 Å². The molecule has 2 amide bonds. The van der Waals surface area contributed by atoms with E-state index in [-0.39, 0.29) is 17.9 Å². The second-order valence-corrected chi connectivity index (χ2v) is 4.30. The molecule has 1 aliphatic rings. The van der Waals surface area contributed by atoms with Crippen LogP contribution >= 0.6 is 0 Å². The van der Waals surface area contributed by atoms with Crippen LogP contribution in [0.5, 0.6) is 0 Å². The van der Waals surface area contributed by atoms with Crippen molar-refractivity contribution in [2.75, 3.05) is 0 Å². The zero-order valence-corrected chi connectivity index (χ0v) is 10.8. The van der Waals surface area contributed by atoms with E-state index in [2.05, 4.69) is 21.1 Å². The minimum absolute atomic E-state index is 0.0459. The highest BCUT2D eigenvalue weighted by molar-refractivity contribution is 6.09. The van der Waals surface area contributed by atoms with Crippen LogP contribution in [0, 0.1) is 11.7 Å². The van der Waals surface area contributed by atoms with Crippen LogP contribution in [0.25, 0.3) is 0 Å². The van der Waals surface area contributed by atoms with Crippen LogP contribution in [0.2, 0.25) is 0 Å². The average molecular weight is 276 g/mol. The fourth-order valence-corrected chi connectivity index (χ4v) is 1.71. The van der Waals surface area contributed by atoms with Gasteiger partial charge in [-0.3, -0.25) is 9.59 Å². The molecule has 1 unspecified atom stereocenters. The standard InChI is InChI=1S/C13H13FN4O2/c1-8-10(13(20)18-16-8)6-12(19)17-15-7-9-4-2-3-5-11(9)14/h2-5,7,10H,6H2,1H3,(H,17,19)(H,18,20)/b15-7+. The molecular weight excluding hydrogens is 263 g/mol. The lowest BCUT2D eigenvalue weighted by atomic mass is 10.0. The molecule has 104 valence electrons. The van der Waals surface area contributed by atoms with Gasteiger partial charge in [-0.05, 0) is 13.0 Å². The first-order valence-electron chi connectivity index (χ1n) is 5.98.